The van der Waals surface area contributed by atoms with E-state index in [1.54, 1.807) is 0 Å². The summed E-state index contributed by atoms with van der Waals surface area (Å²) in [6, 6.07) is 10.2. The fourth-order valence-electron chi connectivity index (χ4n) is 6.62. The quantitative estimate of drug-likeness (QED) is 0.407. The topological polar surface area (TPSA) is 99.1 Å². The fraction of sp³-hybridized carbons (Fsp3) is 0.548. The molecule has 1 aliphatic carbocycles. The molecule has 1 heterocycles. The van der Waals surface area contributed by atoms with Gasteiger partial charge in [-0.1, -0.05) is 63.6 Å². The minimum Gasteiger partial charge on any atom is -0.496 e. The number of amides is 1. The van der Waals surface area contributed by atoms with Crippen molar-refractivity contribution >= 4 is 11.9 Å². The lowest BCUT2D eigenvalue weighted by atomic mass is 9.72. The Morgan fingerprint density at radius 2 is 1.76 bits per heavy atom. The lowest BCUT2D eigenvalue weighted by Gasteiger charge is -2.36. The third-order valence-electron chi connectivity index (χ3n) is 8.45. The number of hydrogen-bond donors (Lipinski definition) is 3. The number of carbonyl (C=O) groups excluding carboxylic acids is 1. The molecule has 3 N–H and O–H groups in total. The van der Waals surface area contributed by atoms with Crippen LogP contribution >= 0.6 is 0 Å². The number of likely N-dealkylation sites (tertiary alicyclic amines) is 1. The highest BCUT2D eigenvalue weighted by Crippen LogP contribution is 2.49. The molecular weight excluding hydrogens is 537 g/mol. The Morgan fingerprint density at radius 1 is 1.07 bits per heavy atom. The number of aliphatic hydroxyl groups excluding tert-OH is 1. The first-order valence-corrected chi connectivity index (χ1v) is 14.0. The molecule has 0 radical (unpaired) electrons. The maximum atomic E-state index is 14.2. The molecule has 2 aliphatic rings. The number of carboxylic acids is 1. The van der Waals surface area contributed by atoms with Crippen molar-refractivity contribution < 1.29 is 37.7 Å². The van der Waals surface area contributed by atoms with Crippen molar-refractivity contribution in [1.82, 2.24) is 10.2 Å². The Labute approximate surface area is 238 Å². The normalized spacial score (nSPS) is 27.1. The third kappa shape index (κ3) is 6.54. The summed E-state index contributed by atoms with van der Waals surface area (Å²) in [5.41, 5.74) is -0.163. The Kier molecular flexibility index (Phi) is 9.04. The largest absolute Gasteiger partial charge is 0.496 e. The van der Waals surface area contributed by atoms with Crippen molar-refractivity contribution in [2.45, 2.75) is 83.4 Å². The molecule has 0 spiro atoms. The van der Waals surface area contributed by atoms with Gasteiger partial charge in [0, 0.05) is 30.0 Å². The van der Waals surface area contributed by atoms with E-state index in [1.807, 2.05) is 51.1 Å². The highest BCUT2D eigenvalue weighted by Gasteiger charge is 2.58. The molecule has 41 heavy (non-hydrogen) atoms. The number of hydrogen-bond acceptors (Lipinski definition) is 5. The summed E-state index contributed by atoms with van der Waals surface area (Å²) < 4.78 is 45.3. The Balaban J connectivity index is 1.78. The first-order valence-electron chi connectivity index (χ1n) is 14.0. The van der Waals surface area contributed by atoms with Gasteiger partial charge in [0.2, 0.25) is 5.91 Å². The van der Waals surface area contributed by atoms with E-state index in [9.17, 15) is 33.0 Å². The number of ether oxygens (including phenoxy) is 1. The molecule has 1 saturated carbocycles. The van der Waals surface area contributed by atoms with Gasteiger partial charge in [-0.3, -0.25) is 4.79 Å². The molecule has 2 aromatic carbocycles. The molecular formula is C31H39F3N2O5. The average molecular weight is 577 g/mol. The predicted molar refractivity (Wildman–Crippen MR) is 147 cm³/mol. The van der Waals surface area contributed by atoms with Crippen LogP contribution in [0.1, 0.15) is 69.2 Å². The summed E-state index contributed by atoms with van der Waals surface area (Å²) in [4.78, 5) is 28.6. The average Bonchev–Trinajstić information content (AvgIpc) is 3.27. The first kappa shape index (κ1) is 30.8. The van der Waals surface area contributed by atoms with Crippen LogP contribution in [0.4, 0.5) is 13.2 Å². The van der Waals surface area contributed by atoms with Gasteiger partial charge in [-0.2, -0.15) is 13.2 Å². The SMILES string of the molecule is COc1cc(C(F)(F)F)ccc1CN[C@H]1[C@H](C(C)(C)C)[C@@H](C(=O)O)N(C(=O)[C@@H]2CCC[C@H](O)C2)[C@H]1c1ccccc1. The Hall–Kier alpha value is -3.11. The number of rotatable bonds is 7. The van der Waals surface area contributed by atoms with Crippen LogP contribution in [0.15, 0.2) is 48.5 Å². The molecule has 4 rings (SSSR count). The zero-order valence-corrected chi connectivity index (χ0v) is 23.8. The minimum atomic E-state index is -4.53. The molecule has 1 saturated heterocycles. The third-order valence-corrected chi connectivity index (χ3v) is 8.45. The van der Waals surface area contributed by atoms with Crippen molar-refractivity contribution in [2.24, 2.45) is 17.3 Å². The van der Waals surface area contributed by atoms with Crippen LogP contribution in [0.25, 0.3) is 0 Å². The predicted octanol–water partition coefficient (Wildman–Crippen LogP) is 5.42. The number of halogens is 3. The van der Waals surface area contributed by atoms with Crippen LogP contribution in [0.2, 0.25) is 0 Å². The van der Waals surface area contributed by atoms with E-state index in [0.717, 1.165) is 17.7 Å². The number of nitrogens with one attached hydrogen (secondary N) is 1. The van der Waals surface area contributed by atoms with E-state index >= 15 is 0 Å². The van der Waals surface area contributed by atoms with Crippen molar-refractivity contribution in [1.29, 1.82) is 0 Å². The van der Waals surface area contributed by atoms with E-state index in [0.29, 0.717) is 24.8 Å². The minimum absolute atomic E-state index is 0.0628. The van der Waals surface area contributed by atoms with Gasteiger partial charge in [0.1, 0.15) is 11.8 Å². The molecule has 0 aromatic heterocycles. The summed E-state index contributed by atoms with van der Waals surface area (Å²) in [6.07, 6.45) is -3.00. The molecule has 6 atom stereocenters. The highest BCUT2D eigenvalue weighted by atomic mass is 19.4. The number of carboxylic acid groups (broad SMARTS) is 1. The Morgan fingerprint density at radius 3 is 2.32 bits per heavy atom. The van der Waals surface area contributed by atoms with Gasteiger partial charge in [-0.25, -0.2) is 4.79 Å². The Bertz CT molecular complexity index is 1230. The maximum Gasteiger partial charge on any atom is 0.416 e. The second-order valence-corrected chi connectivity index (χ2v) is 12.2. The van der Waals surface area contributed by atoms with E-state index in [4.69, 9.17) is 4.74 Å². The number of aliphatic hydroxyl groups is 1. The van der Waals surface area contributed by atoms with Gasteiger partial charge in [0.15, 0.2) is 0 Å². The van der Waals surface area contributed by atoms with E-state index in [1.165, 1.54) is 18.1 Å². The highest BCUT2D eigenvalue weighted by molar-refractivity contribution is 5.87. The number of benzene rings is 2. The standard InChI is InChI=1S/C31H39F3N2O5/c1-30(2,3)24-25(35-17-20-13-14-21(31(32,33)34)16-23(20)41-4)26(18-9-6-5-7-10-18)36(27(24)29(39)40)28(38)19-11-8-12-22(37)15-19/h5-7,9-10,13-14,16,19,22,24-27,35,37H,8,11-12,15,17H2,1-4H3,(H,39,40)/t19-,22+,24+,25+,26+,27+/m1/s1. The van der Waals surface area contributed by atoms with Crippen LogP contribution in [0, 0.1) is 17.3 Å². The smallest absolute Gasteiger partial charge is 0.416 e. The summed E-state index contributed by atoms with van der Waals surface area (Å²) in [7, 11) is 1.30. The van der Waals surface area contributed by atoms with Crippen molar-refractivity contribution in [3.05, 3.63) is 65.2 Å². The monoisotopic (exact) mass is 576 g/mol. The lowest BCUT2D eigenvalue weighted by Crippen LogP contribution is -2.49. The van der Waals surface area contributed by atoms with Crippen LogP contribution in [-0.2, 0) is 22.3 Å². The molecule has 2 fully saturated rings. The zero-order chi connectivity index (χ0) is 30.1. The van der Waals surface area contributed by atoms with Gasteiger partial charge >= 0.3 is 12.1 Å². The summed E-state index contributed by atoms with van der Waals surface area (Å²) in [5.74, 6) is -2.40. The van der Waals surface area contributed by atoms with E-state index in [2.05, 4.69) is 5.32 Å². The number of methoxy groups -OCH3 is 1. The van der Waals surface area contributed by atoms with Crippen molar-refractivity contribution in [3.8, 4) is 5.75 Å². The zero-order valence-electron chi connectivity index (χ0n) is 23.8. The number of aliphatic carboxylic acids is 1. The van der Waals surface area contributed by atoms with Crippen LogP contribution in [-0.4, -0.2) is 52.3 Å². The number of nitrogens with zero attached hydrogens (tertiary/aromatic N) is 1. The lowest BCUT2D eigenvalue weighted by molar-refractivity contribution is -0.155. The second-order valence-electron chi connectivity index (χ2n) is 12.2. The van der Waals surface area contributed by atoms with E-state index in [-0.39, 0.29) is 24.6 Å². The molecule has 0 unspecified atom stereocenters. The van der Waals surface area contributed by atoms with Gasteiger partial charge in [0.05, 0.1) is 24.8 Å². The van der Waals surface area contributed by atoms with Crippen LogP contribution in [0.5, 0.6) is 5.75 Å². The molecule has 1 amide bonds. The van der Waals surface area contributed by atoms with Gasteiger partial charge in [0.25, 0.3) is 0 Å². The number of carbonyl (C=O) groups is 2. The second kappa shape index (κ2) is 12.0. The molecule has 0 bridgehead atoms. The fourth-order valence-corrected chi connectivity index (χ4v) is 6.62. The maximum absolute atomic E-state index is 14.2. The van der Waals surface area contributed by atoms with Crippen LogP contribution in [0.3, 0.4) is 0 Å². The molecule has 1 aliphatic heterocycles. The molecule has 2 aromatic rings. The van der Waals surface area contributed by atoms with Gasteiger partial charge in [-0.15, -0.1) is 0 Å². The van der Waals surface area contributed by atoms with Crippen molar-refractivity contribution in [2.75, 3.05) is 7.11 Å². The van der Waals surface area contributed by atoms with Crippen molar-refractivity contribution in [3.63, 3.8) is 0 Å². The van der Waals surface area contributed by atoms with Gasteiger partial charge < -0.3 is 25.2 Å². The van der Waals surface area contributed by atoms with Gasteiger partial charge in [-0.05, 0) is 42.4 Å². The number of alkyl halides is 3. The molecule has 7 nitrogen and oxygen atoms in total. The van der Waals surface area contributed by atoms with Crippen LogP contribution < -0.4 is 10.1 Å². The summed E-state index contributed by atoms with van der Waals surface area (Å²) in [5, 5.41) is 24.3. The first-order chi connectivity index (χ1) is 19.2. The summed E-state index contributed by atoms with van der Waals surface area (Å²) in [6.45, 7) is 5.89. The molecule has 10 heteroatoms. The molecule has 224 valence electrons. The summed E-state index contributed by atoms with van der Waals surface area (Å²) >= 11 is 0. The van der Waals surface area contributed by atoms with E-state index < -0.39 is 59.2 Å².